The van der Waals surface area contributed by atoms with Gasteiger partial charge < -0.3 is 28.4 Å². The zero-order chi connectivity index (χ0) is 18.4. The molecule has 0 aromatic heterocycles. The Morgan fingerprint density at radius 3 is 2.38 bits per heavy atom. The standard InChI is InChI=1S/C19H28O6S/c1-20-14-10-7-11-23-18(14)25-16-15(21-2)12-24-19(17(16)22-3)26-13-8-5-4-6-9-13/h4-6,8-9,14-19H,7,10-12H2,1-3H3/t14-,15-,16-,17+,18-,19-/m1/s1. The average molecular weight is 384 g/mol. The first-order chi connectivity index (χ1) is 12.8. The van der Waals surface area contributed by atoms with Crippen LogP contribution >= 0.6 is 11.8 Å². The van der Waals surface area contributed by atoms with Crippen molar-refractivity contribution in [3.63, 3.8) is 0 Å². The van der Waals surface area contributed by atoms with E-state index in [2.05, 4.69) is 12.1 Å². The van der Waals surface area contributed by atoms with Crippen LogP contribution in [0.5, 0.6) is 0 Å². The quantitative estimate of drug-likeness (QED) is 0.716. The molecule has 1 aromatic rings. The van der Waals surface area contributed by atoms with Gasteiger partial charge in [0.25, 0.3) is 0 Å². The smallest absolute Gasteiger partial charge is 0.184 e. The molecule has 146 valence electrons. The molecule has 0 spiro atoms. The fraction of sp³-hybridized carbons (Fsp3) is 0.684. The molecule has 2 saturated heterocycles. The van der Waals surface area contributed by atoms with Crippen molar-refractivity contribution >= 4 is 11.8 Å². The van der Waals surface area contributed by atoms with Crippen molar-refractivity contribution in [2.75, 3.05) is 34.5 Å². The molecule has 0 N–H and O–H groups in total. The van der Waals surface area contributed by atoms with Crippen LogP contribution in [0.1, 0.15) is 12.8 Å². The lowest BCUT2D eigenvalue weighted by Crippen LogP contribution is -2.57. The first-order valence-corrected chi connectivity index (χ1v) is 9.83. The maximum absolute atomic E-state index is 6.32. The molecule has 2 aliphatic rings. The van der Waals surface area contributed by atoms with Crippen LogP contribution in [0.4, 0.5) is 0 Å². The summed E-state index contributed by atoms with van der Waals surface area (Å²) in [5, 5.41) is 0. The highest BCUT2D eigenvalue weighted by Gasteiger charge is 2.45. The van der Waals surface area contributed by atoms with Crippen LogP contribution < -0.4 is 0 Å². The fourth-order valence-electron chi connectivity index (χ4n) is 3.33. The van der Waals surface area contributed by atoms with Gasteiger partial charge in [0, 0.05) is 32.8 Å². The van der Waals surface area contributed by atoms with Crippen molar-refractivity contribution in [1.29, 1.82) is 0 Å². The first-order valence-electron chi connectivity index (χ1n) is 8.95. The minimum atomic E-state index is -0.422. The number of rotatable bonds is 7. The van der Waals surface area contributed by atoms with E-state index in [1.807, 2.05) is 18.2 Å². The van der Waals surface area contributed by atoms with Crippen molar-refractivity contribution < 1.29 is 28.4 Å². The second-order valence-electron chi connectivity index (χ2n) is 6.36. The Hall–Kier alpha value is -0.670. The molecule has 26 heavy (non-hydrogen) atoms. The van der Waals surface area contributed by atoms with Gasteiger partial charge in [-0.2, -0.15) is 0 Å². The van der Waals surface area contributed by atoms with E-state index in [0.29, 0.717) is 13.2 Å². The molecule has 2 fully saturated rings. The van der Waals surface area contributed by atoms with Crippen molar-refractivity contribution in [2.45, 2.75) is 53.9 Å². The fourth-order valence-corrected chi connectivity index (χ4v) is 4.46. The minimum Gasteiger partial charge on any atom is -0.376 e. The Morgan fingerprint density at radius 2 is 1.69 bits per heavy atom. The van der Waals surface area contributed by atoms with Gasteiger partial charge >= 0.3 is 0 Å². The number of ether oxygens (including phenoxy) is 6. The third kappa shape index (κ3) is 4.78. The van der Waals surface area contributed by atoms with Gasteiger partial charge in [0.1, 0.15) is 29.9 Å². The van der Waals surface area contributed by atoms with Crippen LogP contribution in [-0.2, 0) is 28.4 Å². The summed E-state index contributed by atoms with van der Waals surface area (Å²) in [7, 11) is 5.03. The van der Waals surface area contributed by atoms with Gasteiger partial charge in [-0.15, -0.1) is 0 Å². The van der Waals surface area contributed by atoms with Crippen LogP contribution in [0, 0.1) is 0 Å². The van der Waals surface area contributed by atoms with Gasteiger partial charge in [0.15, 0.2) is 6.29 Å². The number of benzene rings is 1. The summed E-state index contributed by atoms with van der Waals surface area (Å²) in [5.41, 5.74) is -0.191. The maximum Gasteiger partial charge on any atom is 0.184 e. The van der Waals surface area contributed by atoms with Crippen LogP contribution in [0.2, 0.25) is 0 Å². The van der Waals surface area contributed by atoms with E-state index in [0.717, 1.165) is 17.7 Å². The molecule has 0 unspecified atom stereocenters. The molecule has 6 nitrogen and oxygen atoms in total. The number of hydrogen-bond donors (Lipinski definition) is 0. The predicted molar refractivity (Wildman–Crippen MR) is 98.3 cm³/mol. The van der Waals surface area contributed by atoms with E-state index < -0.39 is 6.29 Å². The zero-order valence-corrected chi connectivity index (χ0v) is 16.4. The van der Waals surface area contributed by atoms with Crippen molar-refractivity contribution in [3.05, 3.63) is 30.3 Å². The summed E-state index contributed by atoms with van der Waals surface area (Å²) in [6, 6.07) is 10.1. The molecule has 6 atom stereocenters. The van der Waals surface area contributed by atoms with E-state index in [1.54, 1.807) is 33.1 Å². The predicted octanol–water partition coefficient (Wildman–Crippen LogP) is 2.70. The Bertz CT molecular complexity index is 530. The van der Waals surface area contributed by atoms with E-state index in [1.165, 1.54) is 0 Å². The molecule has 3 rings (SSSR count). The normalized spacial score (nSPS) is 35.3. The largest absolute Gasteiger partial charge is 0.376 e. The number of methoxy groups -OCH3 is 3. The third-order valence-electron chi connectivity index (χ3n) is 4.77. The van der Waals surface area contributed by atoms with E-state index in [4.69, 9.17) is 28.4 Å². The Kier molecular flexibility index (Phi) is 7.75. The molecule has 2 heterocycles. The topological polar surface area (TPSA) is 55.4 Å². The maximum atomic E-state index is 6.32. The SMILES string of the molecule is CO[C@H]1[C@H](O[C@H]2OCCC[C@H]2OC)[C@H](OC)CO[C@@H]1Sc1ccccc1. The van der Waals surface area contributed by atoms with Crippen molar-refractivity contribution in [2.24, 2.45) is 0 Å². The van der Waals surface area contributed by atoms with E-state index in [9.17, 15) is 0 Å². The summed E-state index contributed by atoms with van der Waals surface area (Å²) in [6.07, 6.45) is 0.566. The third-order valence-corrected chi connectivity index (χ3v) is 5.95. The molecular formula is C19H28O6S. The van der Waals surface area contributed by atoms with Crippen LogP contribution in [0.15, 0.2) is 35.2 Å². The molecule has 0 amide bonds. The molecule has 1 aromatic carbocycles. The number of thioether (sulfide) groups is 1. The highest BCUT2D eigenvalue weighted by molar-refractivity contribution is 7.99. The van der Waals surface area contributed by atoms with Crippen LogP contribution in [0.25, 0.3) is 0 Å². The second kappa shape index (κ2) is 10.0. The molecule has 0 saturated carbocycles. The highest BCUT2D eigenvalue weighted by Crippen LogP contribution is 2.35. The van der Waals surface area contributed by atoms with Gasteiger partial charge in [-0.05, 0) is 25.0 Å². The van der Waals surface area contributed by atoms with Gasteiger partial charge in [-0.3, -0.25) is 0 Å². The summed E-state index contributed by atoms with van der Waals surface area (Å²) in [4.78, 5) is 1.12. The highest BCUT2D eigenvalue weighted by atomic mass is 32.2. The summed E-state index contributed by atoms with van der Waals surface area (Å²) < 4.78 is 35.1. The van der Waals surface area contributed by atoms with Gasteiger partial charge in [0.05, 0.1) is 6.61 Å². The first kappa shape index (κ1) is 20.1. The van der Waals surface area contributed by atoms with Crippen LogP contribution in [0.3, 0.4) is 0 Å². The van der Waals surface area contributed by atoms with Crippen molar-refractivity contribution in [1.82, 2.24) is 0 Å². The molecule has 2 aliphatic heterocycles. The Morgan fingerprint density at radius 1 is 0.923 bits per heavy atom. The van der Waals surface area contributed by atoms with Gasteiger partial charge in [-0.1, -0.05) is 30.0 Å². The van der Waals surface area contributed by atoms with E-state index >= 15 is 0 Å². The van der Waals surface area contributed by atoms with Gasteiger partial charge in [0.2, 0.25) is 0 Å². The Labute approximate surface area is 159 Å². The monoisotopic (exact) mass is 384 g/mol. The summed E-state index contributed by atoms with van der Waals surface area (Å²) in [5.74, 6) is 0. The molecule has 7 heteroatoms. The minimum absolute atomic E-state index is 0.0816. The summed E-state index contributed by atoms with van der Waals surface area (Å²) >= 11 is 1.63. The van der Waals surface area contributed by atoms with Crippen LogP contribution in [-0.4, -0.2) is 70.7 Å². The summed E-state index contributed by atoms with van der Waals surface area (Å²) in [6.45, 7) is 1.11. The zero-order valence-electron chi connectivity index (χ0n) is 15.5. The molecule has 0 bridgehead atoms. The lowest BCUT2D eigenvalue weighted by molar-refractivity contribution is -0.289. The van der Waals surface area contributed by atoms with E-state index in [-0.39, 0.29) is 29.9 Å². The number of hydrogen-bond acceptors (Lipinski definition) is 7. The molecule has 0 radical (unpaired) electrons. The van der Waals surface area contributed by atoms with Gasteiger partial charge in [-0.25, -0.2) is 0 Å². The average Bonchev–Trinajstić information content (AvgIpc) is 2.69. The molecular weight excluding hydrogens is 356 g/mol. The molecule has 0 aliphatic carbocycles. The Balaban J connectivity index is 1.73. The lowest BCUT2D eigenvalue weighted by atomic mass is 10.1. The lowest BCUT2D eigenvalue weighted by Gasteiger charge is -2.43. The second-order valence-corrected chi connectivity index (χ2v) is 7.54. The van der Waals surface area contributed by atoms with Crippen molar-refractivity contribution in [3.8, 4) is 0 Å².